The SMILES string of the molecule is CC(C)OC(=O)c1[nH]c2ccc(OC(F)(F)F)cc2c1C(=O)OC(C)C. The maximum absolute atomic E-state index is 12.5. The van der Waals surface area contributed by atoms with E-state index in [1.54, 1.807) is 27.7 Å². The first-order valence-corrected chi connectivity index (χ1v) is 7.81. The van der Waals surface area contributed by atoms with Crippen LogP contribution >= 0.6 is 0 Å². The van der Waals surface area contributed by atoms with Gasteiger partial charge in [-0.1, -0.05) is 0 Å². The molecule has 1 aromatic carbocycles. The number of rotatable bonds is 5. The van der Waals surface area contributed by atoms with E-state index in [1.165, 1.54) is 6.07 Å². The molecule has 0 unspecified atom stereocenters. The number of nitrogens with one attached hydrogen (secondary N) is 1. The van der Waals surface area contributed by atoms with Gasteiger partial charge in [0.05, 0.1) is 12.2 Å². The normalized spacial score (nSPS) is 11.9. The van der Waals surface area contributed by atoms with E-state index in [9.17, 15) is 22.8 Å². The number of benzene rings is 1. The molecule has 1 heterocycles. The lowest BCUT2D eigenvalue weighted by Crippen LogP contribution is -2.18. The fourth-order valence-corrected chi connectivity index (χ4v) is 2.28. The molecule has 0 spiro atoms. The first kappa shape index (κ1) is 19.6. The second kappa shape index (κ2) is 7.27. The van der Waals surface area contributed by atoms with Gasteiger partial charge in [0.15, 0.2) is 0 Å². The molecule has 9 heteroatoms. The topological polar surface area (TPSA) is 77.6 Å². The number of carbonyl (C=O) groups is 2. The Hall–Kier alpha value is -2.71. The summed E-state index contributed by atoms with van der Waals surface area (Å²) in [7, 11) is 0. The van der Waals surface area contributed by atoms with E-state index in [-0.39, 0.29) is 22.2 Å². The van der Waals surface area contributed by atoms with Crippen molar-refractivity contribution in [3.05, 3.63) is 29.5 Å². The zero-order valence-corrected chi connectivity index (χ0v) is 14.6. The van der Waals surface area contributed by atoms with Crippen molar-refractivity contribution >= 4 is 22.8 Å². The molecule has 0 aliphatic heterocycles. The molecule has 1 aromatic heterocycles. The minimum absolute atomic E-state index is 0.0631. The number of halogens is 3. The van der Waals surface area contributed by atoms with E-state index in [0.717, 1.165) is 12.1 Å². The molecule has 0 atom stereocenters. The number of H-pyrrole nitrogens is 1. The predicted octanol–water partition coefficient (Wildman–Crippen LogP) is 4.20. The van der Waals surface area contributed by atoms with Crippen molar-refractivity contribution in [3.8, 4) is 5.75 Å². The van der Waals surface area contributed by atoms with Gasteiger partial charge in [0.25, 0.3) is 0 Å². The molecule has 2 rings (SSSR count). The van der Waals surface area contributed by atoms with Gasteiger partial charge in [-0.2, -0.15) is 0 Å². The number of hydrogen-bond donors (Lipinski definition) is 1. The van der Waals surface area contributed by atoms with Gasteiger partial charge in [-0.3, -0.25) is 0 Å². The highest BCUT2D eigenvalue weighted by atomic mass is 19.4. The van der Waals surface area contributed by atoms with E-state index in [2.05, 4.69) is 9.72 Å². The van der Waals surface area contributed by atoms with Gasteiger partial charge in [0.1, 0.15) is 17.0 Å². The van der Waals surface area contributed by atoms with Gasteiger partial charge in [0, 0.05) is 10.9 Å². The highest BCUT2D eigenvalue weighted by molar-refractivity contribution is 6.13. The molecule has 0 aliphatic rings. The van der Waals surface area contributed by atoms with Crippen LogP contribution in [0.4, 0.5) is 13.2 Å². The largest absolute Gasteiger partial charge is 0.573 e. The Morgan fingerprint density at radius 1 is 1.00 bits per heavy atom. The summed E-state index contributed by atoms with van der Waals surface area (Å²) in [5.74, 6) is -2.19. The van der Waals surface area contributed by atoms with E-state index in [1.807, 2.05) is 0 Å². The number of esters is 2. The van der Waals surface area contributed by atoms with Crippen molar-refractivity contribution in [2.75, 3.05) is 0 Å². The Labute approximate surface area is 147 Å². The zero-order valence-electron chi connectivity index (χ0n) is 14.6. The summed E-state index contributed by atoms with van der Waals surface area (Å²) in [5, 5.41) is 0.0631. The smallest absolute Gasteiger partial charge is 0.459 e. The maximum Gasteiger partial charge on any atom is 0.573 e. The molecule has 0 aliphatic carbocycles. The van der Waals surface area contributed by atoms with Crippen LogP contribution in [0.5, 0.6) is 5.75 Å². The van der Waals surface area contributed by atoms with Crippen LogP contribution in [0.2, 0.25) is 0 Å². The van der Waals surface area contributed by atoms with Crippen LogP contribution in [0.15, 0.2) is 18.2 Å². The van der Waals surface area contributed by atoms with Crippen LogP contribution in [0, 0.1) is 0 Å². The van der Waals surface area contributed by atoms with Crippen molar-refractivity contribution in [1.29, 1.82) is 0 Å². The zero-order chi connectivity index (χ0) is 19.6. The van der Waals surface area contributed by atoms with Gasteiger partial charge in [-0.05, 0) is 45.9 Å². The Bertz CT molecular complexity index is 824. The molecule has 0 saturated carbocycles. The molecule has 2 aromatic rings. The summed E-state index contributed by atoms with van der Waals surface area (Å²) in [6, 6.07) is 3.36. The minimum atomic E-state index is -4.89. The number of aromatic amines is 1. The molecule has 0 saturated heterocycles. The average Bonchev–Trinajstić information content (AvgIpc) is 2.82. The number of hydrogen-bond acceptors (Lipinski definition) is 5. The van der Waals surface area contributed by atoms with Crippen LogP contribution in [0.3, 0.4) is 0 Å². The molecule has 26 heavy (non-hydrogen) atoms. The third-order valence-corrected chi connectivity index (χ3v) is 3.10. The van der Waals surface area contributed by atoms with Gasteiger partial charge in [-0.25, -0.2) is 9.59 Å². The molecule has 1 N–H and O–H groups in total. The molecule has 0 radical (unpaired) electrons. The van der Waals surface area contributed by atoms with Gasteiger partial charge in [-0.15, -0.1) is 13.2 Å². The van der Waals surface area contributed by atoms with Gasteiger partial charge < -0.3 is 19.2 Å². The van der Waals surface area contributed by atoms with E-state index >= 15 is 0 Å². The van der Waals surface area contributed by atoms with Gasteiger partial charge >= 0.3 is 18.3 Å². The van der Waals surface area contributed by atoms with Crippen molar-refractivity contribution in [2.24, 2.45) is 0 Å². The Kier molecular flexibility index (Phi) is 5.48. The molecule has 142 valence electrons. The van der Waals surface area contributed by atoms with Crippen molar-refractivity contribution < 1.29 is 37.0 Å². The quantitative estimate of drug-likeness (QED) is 0.795. The average molecular weight is 373 g/mol. The first-order valence-electron chi connectivity index (χ1n) is 7.81. The predicted molar refractivity (Wildman–Crippen MR) is 86.1 cm³/mol. The Balaban J connectivity index is 2.59. The fourth-order valence-electron chi connectivity index (χ4n) is 2.28. The second-order valence-corrected chi connectivity index (χ2v) is 6.04. The maximum atomic E-state index is 12.5. The number of aromatic nitrogens is 1. The number of ether oxygens (including phenoxy) is 3. The Morgan fingerprint density at radius 3 is 2.12 bits per heavy atom. The van der Waals surface area contributed by atoms with E-state index in [0.29, 0.717) is 0 Å². The molecule has 0 fully saturated rings. The first-order chi connectivity index (χ1) is 12.0. The van der Waals surface area contributed by atoms with E-state index < -0.39 is 36.3 Å². The molecule has 0 amide bonds. The summed E-state index contributed by atoms with van der Waals surface area (Å²) in [5.41, 5.74) is -0.124. The standard InChI is InChI=1S/C17H18F3NO5/c1-8(2)24-15(22)13-11-7-10(26-17(18,19)20)5-6-12(11)21-14(13)16(23)25-9(3)4/h5-9,21H,1-4H3. The van der Waals surface area contributed by atoms with Gasteiger partial charge in [0.2, 0.25) is 0 Å². The molecule has 0 bridgehead atoms. The fraction of sp³-hybridized carbons (Fsp3) is 0.412. The van der Waals surface area contributed by atoms with Crippen LogP contribution < -0.4 is 4.74 Å². The Morgan fingerprint density at radius 2 is 1.58 bits per heavy atom. The van der Waals surface area contributed by atoms with Crippen LogP contribution in [-0.2, 0) is 9.47 Å². The summed E-state index contributed by atoms with van der Waals surface area (Å²) in [6.45, 7) is 6.47. The summed E-state index contributed by atoms with van der Waals surface area (Å²) >= 11 is 0. The second-order valence-electron chi connectivity index (χ2n) is 6.04. The summed E-state index contributed by atoms with van der Waals surface area (Å²) in [6.07, 6.45) is -5.83. The summed E-state index contributed by atoms with van der Waals surface area (Å²) < 4.78 is 51.4. The lowest BCUT2D eigenvalue weighted by atomic mass is 10.1. The third-order valence-electron chi connectivity index (χ3n) is 3.10. The minimum Gasteiger partial charge on any atom is -0.459 e. The molecular formula is C17H18F3NO5. The number of fused-ring (bicyclic) bond motifs is 1. The third kappa shape index (κ3) is 4.68. The highest BCUT2D eigenvalue weighted by Crippen LogP contribution is 2.31. The molecule has 6 nitrogen and oxygen atoms in total. The van der Waals surface area contributed by atoms with Crippen molar-refractivity contribution in [1.82, 2.24) is 4.98 Å². The monoisotopic (exact) mass is 373 g/mol. The lowest BCUT2D eigenvalue weighted by molar-refractivity contribution is -0.274. The van der Waals surface area contributed by atoms with Crippen molar-refractivity contribution in [3.63, 3.8) is 0 Å². The van der Waals surface area contributed by atoms with Crippen LogP contribution in [0.1, 0.15) is 48.5 Å². The van der Waals surface area contributed by atoms with Crippen LogP contribution in [-0.4, -0.2) is 35.5 Å². The van der Waals surface area contributed by atoms with Crippen molar-refractivity contribution in [2.45, 2.75) is 46.3 Å². The lowest BCUT2D eigenvalue weighted by Gasteiger charge is -2.11. The number of carbonyl (C=O) groups excluding carboxylic acids is 2. The number of alkyl halides is 3. The van der Waals surface area contributed by atoms with Crippen LogP contribution in [0.25, 0.3) is 10.9 Å². The molecular weight excluding hydrogens is 355 g/mol. The van der Waals surface area contributed by atoms with E-state index in [4.69, 9.17) is 9.47 Å². The highest BCUT2D eigenvalue weighted by Gasteiger charge is 2.32. The summed E-state index contributed by atoms with van der Waals surface area (Å²) in [4.78, 5) is 27.4.